The minimum absolute atomic E-state index is 0.0535. The first-order valence-corrected chi connectivity index (χ1v) is 7.31. The maximum absolute atomic E-state index is 9.94. The van der Waals surface area contributed by atoms with Crippen LogP contribution < -0.4 is 4.90 Å². The lowest BCUT2D eigenvalue weighted by atomic mass is 10.0. The number of nitrogens with zero attached hydrogens (tertiary/aromatic N) is 1. The second kappa shape index (κ2) is 5.51. The Morgan fingerprint density at radius 2 is 1.57 bits per heavy atom. The summed E-state index contributed by atoms with van der Waals surface area (Å²) >= 11 is 0. The van der Waals surface area contributed by atoms with Crippen LogP contribution in [-0.2, 0) is 4.74 Å². The van der Waals surface area contributed by atoms with Gasteiger partial charge in [-0.25, -0.2) is 0 Å². The van der Waals surface area contributed by atoms with E-state index in [1.54, 1.807) is 0 Å². The molecule has 2 aromatic carbocycles. The van der Waals surface area contributed by atoms with Crippen LogP contribution in [0, 0.1) is 0 Å². The molecular formula is C18H21NO2. The Bertz CT molecular complexity index is 583. The fourth-order valence-corrected chi connectivity index (χ4v) is 3.18. The van der Waals surface area contributed by atoms with Crippen molar-refractivity contribution in [3.05, 3.63) is 66.2 Å². The molecule has 1 saturated heterocycles. The Balaban J connectivity index is 2.00. The summed E-state index contributed by atoms with van der Waals surface area (Å²) in [5.41, 5.74) is 1.71. The monoisotopic (exact) mass is 283 g/mol. The number of aliphatic hydroxyl groups excluding tert-OH is 1. The highest BCUT2D eigenvalue weighted by molar-refractivity contribution is 5.51. The van der Waals surface area contributed by atoms with Crippen molar-refractivity contribution in [3.63, 3.8) is 0 Å². The zero-order chi connectivity index (χ0) is 14.9. The predicted molar refractivity (Wildman–Crippen MR) is 84.1 cm³/mol. The van der Waals surface area contributed by atoms with Crippen molar-refractivity contribution in [2.45, 2.75) is 31.7 Å². The van der Waals surface area contributed by atoms with Gasteiger partial charge in [-0.15, -0.1) is 0 Å². The molecule has 0 aromatic heterocycles. The third-order valence-electron chi connectivity index (χ3n) is 4.03. The molecule has 2 atom stereocenters. The summed E-state index contributed by atoms with van der Waals surface area (Å²) in [4.78, 5) is 2.17. The van der Waals surface area contributed by atoms with E-state index in [-0.39, 0.29) is 18.8 Å². The lowest BCUT2D eigenvalue weighted by molar-refractivity contribution is -0.0196. The summed E-state index contributed by atoms with van der Waals surface area (Å²) in [7, 11) is 0. The SMILES string of the molecule is CC1(C)OC(c2ccccc2)C(CO)N1c1ccccc1. The molecule has 1 aliphatic heterocycles. The number of benzene rings is 2. The average molecular weight is 283 g/mol. The summed E-state index contributed by atoms with van der Waals surface area (Å²) in [5.74, 6) is 0. The maximum Gasteiger partial charge on any atom is 0.136 e. The molecular weight excluding hydrogens is 262 g/mol. The molecule has 1 heterocycles. The van der Waals surface area contributed by atoms with Crippen LogP contribution in [0.3, 0.4) is 0 Å². The smallest absolute Gasteiger partial charge is 0.136 e. The molecule has 0 amide bonds. The van der Waals surface area contributed by atoms with E-state index < -0.39 is 5.72 Å². The minimum Gasteiger partial charge on any atom is -0.394 e. The number of para-hydroxylation sites is 1. The standard InChI is InChI=1S/C18H21NO2/c1-18(2)19(15-11-7-4-8-12-15)16(13-20)17(21-18)14-9-5-3-6-10-14/h3-12,16-17,20H,13H2,1-2H3. The topological polar surface area (TPSA) is 32.7 Å². The van der Waals surface area contributed by atoms with E-state index in [1.165, 1.54) is 0 Å². The highest BCUT2D eigenvalue weighted by atomic mass is 16.5. The van der Waals surface area contributed by atoms with Crippen LogP contribution in [0.1, 0.15) is 25.5 Å². The van der Waals surface area contributed by atoms with Gasteiger partial charge < -0.3 is 14.7 Å². The molecule has 3 nitrogen and oxygen atoms in total. The normalized spacial score (nSPS) is 24.2. The third-order valence-corrected chi connectivity index (χ3v) is 4.03. The number of aliphatic hydroxyl groups is 1. The van der Waals surface area contributed by atoms with Crippen LogP contribution in [-0.4, -0.2) is 23.5 Å². The highest BCUT2D eigenvalue weighted by Crippen LogP contribution is 2.43. The summed E-state index contributed by atoms with van der Waals surface area (Å²) in [6.07, 6.45) is -0.133. The Labute approximate surface area is 125 Å². The van der Waals surface area contributed by atoms with Gasteiger partial charge in [-0.2, -0.15) is 0 Å². The molecule has 21 heavy (non-hydrogen) atoms. The molecule has 2 aromatic rings. The molecule has 0 spiro atoms. The van der Waals surface area contributed by atoms with Gasteiger partial charge in [0.1, 0.15) is 11.8 Å². The minimum atomic E-state index is -0.463. The van der Waals surface area contributed by atoms with E-state index in [4.69, 9.17) is 4.74 Å². The molecule has 0 radical (unpaired) electrons. The molecule has 1 N–H and O–H groups in total. The van der Waals surface area contributed by atoms with Gasteiger partial charge in [0.2, 0.25) is 0 Å². The van der Waals surface area contributed by atoms with Crippen molar-refractivity contribution in [2.75, 3.05) is 11.5 Å². The molecule has 0 aliphatic carbocycles. The first-order valence-electron chi connectivity index (χ1n) is 7.31. The van der Waals surface area contributed by atoms with Gasteiger partial charge in [-0.05, 0) is 31.5 Å². The van der Waals surface area contributed by atoms with Crippen molar-refractivity contribution in [1.82, 2.24) is 0 Å². The van der Waals surface area contributed by atoms with Gasteiger partial charge in [0, 0.05) is 5.69 Å². The van der Waals surface area contributed by atoms with E-state index in [1.807, 2.05) is 50.2 Å². The van der Waals surface area contributed by atoms with Crippen LogP contribution in [0.5, 0.6) is 0 Å². The van der Waals surface area contributed by atoms with Crippen LogP contribution in [0.4, 0.5) is 5.69 Å². The van der Waals surface area contributed by atoms with Crippen molar-refractivity contribution in [2.24, 2.45) is 0 Å². The van der Waals surface area contributed by atoms with E-state index in [9.17, 15) is 5.11 Å². The third kappa shape index (κ3) is 2.55. The number of ether oxygens (including phenoxy) is 1. The first kappa shape index (κ1) is 14.1. The number of hydrogen-bond donors (Lipinski definition) is 1. The fourth-order valence-electron chi connectivity index (χ4n) is 3.18. The van der Waals surface area contributed by atoms with Crippen molar-refractivity contribution < 1.29 is 9.84 Å². The lowest BCUT2D eigenvalue weighted by Crippen LogP contribution is -2.45. The van der Waals surface area contributed by atoms with Crippen LogP contribution in [0.2, 0.25) is 0 Å². The molecule has 0 saturated carbocycles. The quantitative estimate of drug-likeness (QED) is 0.937. The number of hydrogen-bond acceptors (Lipinski definition) is 3. The molecule has 3 rings (SSSR count). The van der Waals surface area contributed by atoms with Gasteiger partial charge in [-0.1, -0.05) is 48.5 Å². The van der Waals surface area contributed by atoms with Crippen LogP contribution in [0.15, 0.2) is 60.7 Å². The largest absolute Gasteiger partial charge is 0.394 e. The maximum atomic E-state index is 9.94. The van der Waals surface area contributed by atoms with Gasteiger partial charge in [0.05, 0.1) is 12.6 Å². The van der Waals surface area contributed by atoms with Crippen molar-refractivity contribution >= 4 is 5.69 Å². The molecule has 3 heteroatoms. The summed E-state index contributed by atoms with van der Waals surface area (Å²) < 4.78 is 6.27. The van der Waals surface area contributed by atoms with E-state index in [0.717, 1.165) is 11.3 Å². The average Bonchev–Trinajstić information content (AvgIpc) is 2.80. The van der Waals surface area contributed by atoms with Crippen molar-refractivity contribution in [1.29, 1.82) is 0 Å². The summed E-state index contributed by atoms with van der Waals surface area (Å²) in [6.45, 7) is 4.15. The Kier molecular flexibility index (Phi) is 3.70. The zero-order valence-electron chi connectivity index (χ0n) is 12.4. The Hall–Kier alpha value is -1.84. The van der Waals surface area contributed by atoms with E-state index in [0.29, 0.717) is 0 Å². The van der Waals surface area contributed by atoms with Gasteiger partial charge in [0.25, 0.3) is 0 Å². The van der Waals surface area contributed by atoms with Gasteiger partial charge in [-0.3, -0.25) is 0 Å². The Morgan fingerprint density at radius 1 is 1.00 bits per heavy atom. The highest BCUT2D eigenvalue weighted by Gasteiger charge is 2.47. The second-order valence-electron chi connectivity index (χ2n) is 5.85. The van der Waals surface area contributed by atoms with Gasteiger partial charge in [0.15, 0.2) is 0 Å². The first-order chi connectivity index (χ1) is 10.1. The lowest BCUT2D eigenvalue weighted by Gasteiger charge is -2.35. The summed E-state index contributed by atoms with van der Waals surface area (Å²) in [5, 5.41) is 9.94. The van der Waals surface area contributed by atoms with E-state index >= 15 is 0 Å². The van der Waals surface area contributed by atoms with Crippen LogP contribution >= 0.6 is 0 Å². The van der Waals surface area contributed by atoms with E-state index in [2.05, 4.69) is 29.2 Å². The number of anilines is 1. The Morgan fingerprint density at radius 3 is 2.14 bits per heavy atom. The predicted octanol–water partition coefficient (Wildman–Crippen LogP) is 3.36. The second-order valence-corrected chi connectivity index (χ2v) is 5.85. The zero-order valence-corrected chi connectivity index (χ0v) is 12.4. The molecule has 0 bridgehead atoms. The van der Waals surface area contributed by atoms with Crippen molar-refractivity contribution in [3.8, 4) is 0 Å². The molecule has 1 aliphatic rings. The van der Waals surface area contributed by atoms with Gasteiger partial charge >= 0.3 is 0 Å². The molecule has 2 unspecified atom stereocenters. The molecule has 110 valence electrons. The fraction of sp³-hybridized carbons (Fsp3) is 0.333. The summed E-state index contributed by atoms with van der Waals surface area (Å²) in [6, 6.07) is 20.1. The number of rotatable bonds is 3. The molecule has 1 fully saturated rings. The van der Waals surface area contributed by atoms with Crippen LogP contribution in [0.25, 0.3) is 0 Å².